The lowest BCUT2D eigenvalue weighted by Crippen LogP contribution is -2.23. The van der Waals surface area contributed by atoms with Crippen molar-refractivity contribution in [1.29, 1.82) is 0 Å². The van der Waals surface area contributed by atoms with E-state index in [1.807, 2.05) is 12.3 Å². The van der Waals surface area contributed by atoms with Crippen LogP contribution < -0.4 is 10.6 Å². The van der Waals surface area contributed by atoms with E-state index in [9.17, 15) is 0 Å². The number of hydrogen-bond acceptors (Lipinski definition) is 3. The molecule has 0 aliphatic heterocycles. The Bertz CT molecular complexity index is 350. The van der Waals surface area contributed by atoms with Crippen LogP contribution in [0.15, 0.2) is 16.7 Å². The standard InChI is InChI=1S/C11H16BrN3/c1-15(7-8-2-3-8)11-9(5-13)4-10(12)6-14-11/h4,6,8H,2-3,5,7,13H2,1H3. The quantitative estimate of drug-likeness (QED) is 0.911. The molecule has 82 valence electrons. The minimum Gasteiger partial charge on any atom is -0.359 e. The summed E-state index contributed by atoms with van der Waals surface area (Å²) in [6, 6.07) is 2.05. The molecule has 0 atom stereocenters. The lowest BCUT2D eigenvalue weighted by molar-refractivity contribution is 0.770. The second-order valence-corrected chi connectivity index (χ2v) is 5.08. The van der Waals surface area contributed by atoms with Crippen LogP contribution in [0.3, 0.4) is 0 Å². The summed E-state index contributed by atoms with van der Waals surface area (Å²) in [5.74, 6) is 1.89. The summed E-state index contributed by atoms with van der Waals surface area (Å²) in [6.45, 7) is 1.64. The van der Waals surface area contributed by atoms with Gasteiger partial charge in [-0.25, -0.2) is 4.98 Å². The fourth-order valence-corrected chi connectivity index (χ4v) is 2.12. The predicted molar refractivity (Wildman–Crippen MR) is 65.8 cm³/mol. The van der Waals surface area contributed by atoms with Crippen molar-refractivity contribution in [3.63, 3.8) is 0 Å². The molecule has 1 aliphatic rings. The molecular formula is C11H16BrN3. The third-order valence-corrected chi connectivity index (χ3v) is 3.15. The van der Waals surface area contributed by atoms with Crippen LogP contribution in [0, 0.1) is 5.92 Å². The van der Waals surface area contributed by atoms with Crippen LogP contribution in [-0.2, 0) is 6.54 Å². The van der Waals surface area contributed by atoms with Crippen molar-refractivity contribution in [2.75, 3.05) is 18.5 Å². The summed E-state index contributed by atoms with van der Waals surface area (Å²) in [6.07, 6.45) is 4.55. The van der Waals surface area contributed by atoms with E-state index in [0.29, 0.717) is 6.54 Å². The minimum absolute atomic E-state index is 0.538. The summed E-state index contributed by atoms with van der Waals surface area (Å²) < 4.78 is 0.992. The molecular weight excluding hydrogens is 254 g/mol. The van der Waals surface area contributed by atoms with Crippen molar-refractivity contribution in [3.05, 3.63) is 22.3 Å². The second-order valence-electron chi connectivity index (χ2n) is 4.16. The van der Waals surface area contributed by atoms with Gasteiger partial charge in [0.05, 0.1) is 0 Å². The molecule has 0 spiro atoms. The molecule has 1 saturated carbocycles. The first kappa shape index (κ1) is 10.9. The van der Waals surface area contributed by atoms with Gasteiger partial charge in [0.25, 0.3) is 0 Å². The van der Waals surface area contributed by atoms with Crippen LogP contribution >= 0.6 is 15.9 Å². The van der Waals surface area contributed by atoms with E-state index in [-0.39, 0.29) is 0 Å². The molecule has 1 aliphatic carbocycles. The molecule has 0 unspecified atom stereocenters. The molecule has 0 bridgehead atoms. The zero-order chi connectivity index (χ0) is 10.8. The highest BCUT2D eigenvalue weighted by Gasteiger charge is 2.24. The molecule has 1 aromatic heterocycles. The average Bonchev–Trinajstić information content (AvgIpc) is 3.01. The van der Waals surface area contributed by atoms with E-state index >= 15 is 0 Å². The molecule has 0 radical (unpaired) electrons. The SMILES string of the molecule is CN(CC1CC1)c1ncc(Br)cc1CN. The van der Waals surface area contributed by atoms with Crippen molar-refractivity contribution in [3.8, 4) is 0 Å². The molecule has 0 saturated heterocycles. The first-order chi connectivity index (χ1) is 7.20. The molecule has 1 fully saturated rings. The van der Waals surface area contributed by atoms with Crippen molar-refractivity contribution in [2.45, 2.75) is 19.4 Å². The number of aromatic nitrogens is 1. The number of hydrogen-bond donors (Lipinski definition) is 1. The summed E-state index contributed by atoms with van der Waals surface area (Å²) >= 11 is 3.41. The lowest BCUT2D eigenvalue weighted by atomic mass is 10.2. The summed E-state index contributed by atoms with van der Waals surface area (Å²) in [4.78, 5) is 6.64. The monoisotopic (exact) mass is 269 g/mol. The number of pyridine rings is 1. The zero-order valence-electron chi connectivity index (χ0n) is 8.91. The van der Waals surface area contributed by atoms with Crippen molar-refractivity contribution >= 4 is 21.7 Å². The predicted octanol–water partition coefficient (Wildman–Crippen LogP) is 2.15. The van der Waals surface area contributed by atoms with Gasteiger partial charge in [0, 0.05) is 36.4 Å². The normalized spacial score (nSPS) is 15.4. The molecule has 2 N–H and O–H groups in total. The highest BCUT2D eigenvalue weighted by molar-refractivity contribution is 9.10. The van der Waals surface area contributed by atoms with Crippen LogP contribution in [0.5, 0.6) is 0 Å². The molecule has 0 aromatic carbocycles. The van der Waals surface area contributed by atoms with E-state index < -0.39 is 0 Å². The van der Waals surface area contributed by atoms with Gasteiger partial charge in [0.1, 0.15) is 5.82 Å². The van der Waals surface area contributed by atoms with Gasteiger partial charge in [-0.15, -0.1) is 0 Å². The van der Waals surface area contributed by atoms with Gasteiger partial charge in [0.2, 0.25) is 0 Å². The second kappa shape index (κ2) is 4.49. The van der Waals surface area contributed by atoms with E-state index in [2.05, 4.69) is 32.9 Å². The van der Waals surface area contributed by atoms with Crippen LogP contribution in [0.25, 0.3) is 0 Å². The molecule has 1 heterocycles. The van der Waals surface area contributed by atoms with Gasteiger partial charge in [-0.2, -0.15) is 0 Å². The molecule has 2 rings (SSSR count). The fraction of sp³-hybridized carbons (Fsp3) is 0.545. The smallest absolute Gasteiger partial charge is 0.132 e. The Labute approximate surface area is 98.8 Å². The van der Waals surface area contributed by atoms with Crippen molar-refractivity contribution in [1.82, 2.24) is 4.98 Å². The highest BCUT2D eigenvalue weighted by atomic mass is 79.9. The van der Waals surface area contributed by atoms with E-state index in [4.69, 9.17) is 5.73 Å². The van der Waals surface area contributed by atoms with E-state index in [0.717, 1.165) is 28.3 Å². The Morgan fingerprint density at radius 1 is 1.60 bits per heavy atom. The highest BCUT2D eigenvalue weighted by Crippen LogP contribution is 2.31. The molecule has 15 heavy (non-hydrogen) atoms. The van der Waals surface area contributed by atoms with Gasteiger partial charge in [-0.05, 0) is 40.8 Å². The first-order valence-corrected chi connectivity index (χ1v) is 6.05. The summed E-state index contributed by atoms with van der Waals surface area (Å²) in [7, 11) is 2.09. The number of rotatable bonds is 4. The summed E-state index contributed by atoms with van der Waals surface area (Å²) in [5, 5.41) is 0. The Balaban J connectivity index is 2.17. The minimum atomic E-state index is 0.538. The molecule has 0 amide bonds. The molecule has 4 heteroatoms. The number of nitrogens with zero attached hydrogens (tertiary/aromatic N) is 2. The Morgan fingerprint density at radius 2 is 2.33 bits per heavy atom. The maximum Gasteiger partial charge on any atom is 0.132 e. The van der Waals surface area contributed by atoms with Crippen molar-refractivity contribution in [2.24, 2.45) is 11.7 Å². The average molecular weight is 270 g/mol. The number of anilines is 1. The third-order valence-electron chi connectivity index (χ3n) is 2.72. The van der Waals surface area contributed by atoms with Crippen LogP contribution in [-0.4, -0.2) is 18.6 Å². The van der Waals surface area contributed by atoms with Crippen LogP contribution in [0.4, 0.5) is 5.82 Å². The Hall–Kier alpha value is -0.610. The van der Waals surface area contributed by atoms with Crippen LogP contribution in [0.2, 0.25) is 0 Å². The Morgan fingerprint density at radius 3 is 2.93 bits per heavy atom. The zero-order valence-corrected chi connectivity index (χ0v) is 10.5. The number of halogens is 1. The maximum absolute atomic E-state index is 5.72. The van der Waals surface area contributed by atoms with Crippen LogP contribution in [0.1, 0.15) is 18.4 Å². The molecule has 3 nitrogen and oxygen atoms in total. The van der Waals surface area contributed by atoms with Gasteiger partial charge in [-0.1, -0.05) is 0 Å². The van der Waals surface area contributed by atoms with Gasteiger partial charge < -0.3 is 10.6 Å². The summed E-state index contributed by atoms with van der Waals surface area (Å²) in [5.41, 5.74) is 6.82. The van der Waals surface area contributed by atoms with Gasteiger partial charge in [-0.3, -0.25) is 0 Å². The third kappa shape index (κ3) is 2.69. The topological polar surface area (TPSA) is 42.2 Å². The van der Waals surface area contributed by atoms with Crippen molar-refractivity contribution < 1.29 is 0 Å². The van der Waals surface area contributed by atoms with E-state index in [1.54, 1.807) is 0 Å². The largest absolute Gasteiger partial charge is 0.359 e. The van der Waals surface area contributed by atoms with Gasteiger partial charge in [0.15, 0.2) is 0 Å². The lowest BCUT2D eigenvalue weighted by Gasteiger charge is -2.20. The first-order valence-electron chi connectivity index (χ1n) is 5.26. The Kier molecular flexibility index (Phi) is 3.26. The maximum atomic E-state index is 5.72. The number of nitrogens with two attached hydrogens (primary N) is 1. The van der Waals surface area contributed by atoms with Gasteiger partial charge >= 0.3 is 0 Å². The molecule has 1 aromatic rings. The fourth-order valence-electron chi connectivity index (χ4n) is 1.74. The van der Waals surface area contributed by atoms with E-state index in [1.165, 1.54) is 12.8 Å².